The van der Waals surface area contributed by atoms with E-state index in [-0.39, 0.29) is 0 Å². The van der Waals surface area contributed by atoms with Crippen LogP contribution in [-0.4, -0.2) is 49.8 Å². The highest BCUT2D eigenvalue weighted by Gasteiger charge is 2.23. The van der Waals surface area contributed by atoms with Gasteiger partial charge in [0.15, 0.2) is 0 Å². The van der Waals surface area contributed by atoms with Crippen LogP contribution >= 0.6 is 0 Å². The van der Waals surface area contributed by atoms with Crippen molar-refractivity contribution in [3.8, 4) is 0 Å². The SMILES string of the molecule is CCC(CC)NCC(C)N1CCCC(OC)C1. The minimum absolute atomic E-state index is 0.444. The molecular formula is C14H30N2O. The Morgan fingerprint density at radius 1 is 1.35 bits per heavy atom. The highest BCUT2D eigenvalue weighted by molar-refractivity contribution is 4.79. The number of piperidine rings is 1. The van der Waals surface area contributed by atoms with Crippen LogP contribution in [0.1, 0.15) is 46.5 Å². The largest absolute Gasteiger partial charge is 0.380 e. The molecule has 2 unspecified atom stereocenters. The zero-order valence-corrected chi connectivity index (χ0v) is 12.0. The molecule has 3 heteroatoms. The van der Waals surface area contributed by atoms with Crippen molar-refractivity contribution in [2.45, 2.75) is 64.6 Å². The van der Waals surface area contributed by atoms with E-state index in [2.05, 4.69) is 31.0 Å². The first-order valence-electron chi connectivity index (χ1n) is 7.21. The molecule has 2 atom stereocenters. The Morgan fingerprint density at radius 3 is 2.65 bits per heavy atom. The van der Waals surface area contributed by atoms with Crippen LogP contribution in [0, 0.1) is 0 Å². The normalized spacial score (nSPS) is 24.2. The Bertz CT molecular complexity index is 195. The molecule has 0 aromatic rings. The molecule has 0 saturated carbocycles. The summed E-state index contributed by atoms with van der Waals surface area (Å²) in [7, 11) is 1.83. The molecule has 1 heterocycles. The summed E-state index contributed by atoms with van der Waals surface area (Å²) in [5, 5.41) is 3.67. The molecule has 0 spiro atoms. The highest BCUT2D eigenvalue weighted by atomic mass is 16.5. The minimum Gasteiger partial charge on any atom is -0.380 e. The molecule has 0 amide bonds. The lowest BCUT2D eigenvalue weighted by Gasteiger charge is -2.36. The molecular weight excluding hydrogens is 212 g/mol. The lowest BCUT2D eigenvalue weighted by Crippen LogP contribution is -2.49. The fourth-order valence-corrected chi connectivity index (χ4v) is 2.60. The van der Waals surface area contributed by atoms with Crippen LogP contribution in [-0.2, 0) is 4.74 Å². The summed E-state index contributed by atoms with van der Waals surface area (Å²) in [6.45, 7) is 10.3. The number of likely N-dealkylation sites (tertiary alicyclic amines) is 1. The number of nitrogens with zero attached hydrogens (tertiary/aromatic N) is 1. The second kappa shape index (κ2) is 8.06. The maximum Gasteiger partial charge on any atom is 0.0698 e. The monoisotopic (exact) mass is 242 g/mol. The van der Waals surface area contributed by atoms with E-state index >= 15 is 0 Å². The van der Waals surface area contributed by atoms with E-state index in [0.29, 0.717) is 18.2 Å². The molecule has 1 aliphatic heterocycles. The second-order valence-electron chi connectivity index (χ2n) is 5.27. The van der Waals surface area contributed by atoms with Gasteiger partial charge in [-0.1, -0.05) is 13.8 Å². The zero-order chi connectivity index (χ0) is 12.7. The summed E-state index contributed by atoms with van der Waals surface area (Å²) < 4.78 is 5.48. The predicted molar refractivity (Wildman–Crippen MR) is 73.4 cm³/mol. The predicted octanol–water partition coefficient (Wildman–Crippen LogP) is 2.26. The van der Waals surface area contributed by atoms with Gasteiger partial charge in [0, 0.05) is 32.3 Å². The summed E-state index contributed by atoms with van der Waals surface area (Å²) in [6.07, 6.45) is 5.39. The summed E-state index contributed by atoms with van der Waals surface area (Å²) in [6, 6.07) is 1.30. The molecule has 1 N–H and O–H groups in total. The van der Waals surface area contributed by atoms with E-state index in [1.807, 2.05) is 7.11 Å². The molecule has 1 saturated heterocycles. The molecule has 0 aromatic carbocycles. The average Bonchev–Trinajstić information content (AvgIpc) is 2.39. The van der Waals surface area contributed by atoms with Crippen molar-refractivity contribution in [1.82, 2.24) is 10.2 Å². The number of rotatable bonds is 7. The highest BCUT2D eigenvalue weighted by Crippen LogP contribution is 2.14. The van der Waals surface area contributed by atoms with Crippen LogP contribution in [0.15, 0.2) is 0 Å². The van der Waals surface area contributed by atoms with E-state index in [1.165, 1.54) is 32.2 Å². The lowest BCUT2D eigenvalue weighted by atomic mass is 10.1. The number of nitrogens with one attached hydrogen (secondary N) is 1. The summed E-state index contributed by atoms with van der Waals surface area (Å²) >= 11 is 0. The minimum atomic E-state index is 0.444. The van der Waals surface area contributed by atoms with Crippen LogP contribution in [0.2, 0.25) is 0 Å². The Morgan fingerprint density at radius 2 is 2.06 bits per heavy atom. The van der Waals surface area contributed by atoms with Gasteiger partial charge in [0.1, 0.15) is 0 Å². The van der Waals surface area contributed by atoms with Crippen LogP contribution in [0.5, 0.6) is 0 Å². The van der Waals surface area contributed by atoms with Crippen LogP contribution in [0.4, 0.5) is 0 Å². The van der Waals surface area contributed by atoms with Gasteiger partial charge in [0.2, 0.25) is 0 Å². The maximum atomic E-state index is 5.48. The lowest BCUT2D eigenvalue weighted by molar-refractivity contribution is 0.0171. The summed E-state index contributed by atoms with van der Waals surface area (Å²) in [5.41, 5.74) is 0. The van der Waals surface area contributed by atoms with Crippen LogP contribution < -0.4 is 5.32 Å². The third-order valence-electron chi connectivity index (χ3n) is 4.05. The second-order valence-corrected chi connectivity index (χ2v) is 5.27. The molecule has 1 aliphatic rings. The van der Waals surface area contributed by atoms with Gasteiger partial charge >= 0.3 is 0 Å². The van der Waals surface area contributed by atoms with Crippen molar-refractivity contribution in [1.29, 1.82) is 0 Å². The number of hydrogen-bond donors (Lipinski definition) is 1. The van der Waals surface area contributed by atoms with Gasteiger partial charge in [-0.2, -0.15) is 0 Å². The van der Waals surface area contributed by atoms with Crippen LogP contribution in [0.25, 0.3) is 0 Å². The fourth-order valence-electron chi connectivity index (χ4n) is 2.60. The Hall–Kier alpha value is -0.120. The quantitative estimate of drug-likeness (QED) is 0.741. The van der Waals surface area contributed by atoms with Gasteiger partial charge < -0.3 is 10.1 Å². The van der Waals surface area contributed by atoms with Gasteiger partial charge in [-0.05, 0) is 39.2 Å². The van der Waals surface area contributed by atoms with E-state index in [9.17, 15) is 0 Å². The van der Waals surface area contributed by atoms with Crippen LogP contribution in [0.3, 0.4) is 0 Å². The Kier molecular flexibility index (Phi) is 7.09. The van der Waals surface area contributed by atoms with E-state index < -0.39 is 0 Å². The van der Waals surface area contributed by atoms with Gasteiger partial charge in [0.25, 0.3) is 0 Å². The van der Waals surface area contributed by atoms with Crippen molar-refractivity contribution < 1.29 is 4.74 Å². The van der Waals surface area contributed by atoms with Crippen molar-refractivity contribution in [2.24, 2.45) is 0 Å². The molecule has 0 bridgehead atoms. The first-order valence-corrected chi connectivity index (χ1v) is 7.21. The first kappa shape index (κ1) is 14.9. The van der Waals surface area contributed by atoms with Crippen molar-refractivity contribution >= 4 is 0 Å². The standard InChI is InChI=1S/C14H30N2O/c1-5-13(6-2)15-10-12(3)16-9-7-8-14(11-16)17-4/h12-15H,5-11H2,1-4H3. The maximum absolute atomic E-state index is 5.48. The molecule has 102 valence electrons. The van der Waals surface area contributed by atoms with E-state index in [1.54, 1.807) is 0 Å². The van der Waals surface area contributed by atoms with Gasteiger partial charge in [0.05, 0.1) is 6.10 Å². The Balaban J connectivity index is 2.28. The summed E-state index contributed by atoms with van der Waals surface area (Å²) in [5.74, 6) is 0. The topological polar surface area (TPSA) is 24.5 Å². The average molecular weight is 242 g/mol. The smallest absolute Gasteiger partial charge is 0.0698 e. The molecule has 0 aliphatic carbocycles. The molecule has 1 rings (SSSR count). The molecule has 0 radical (unpaired) electrons. The Labute approximate surface area is 107 Å². The number of methoxy groups -OCH3 is 1. The van der Waals surface area contributed by atoms with Gasteiger partial charge in [-0.25, -0.2) is 0 Å². The molecule has 3 nitrogen and oxygen atoms in total. The van der Waals surface area contributed by atoms with Gasteiger partial charge in [-0.15, -0.1) is 0 Å². The summed E-state index contributed by atoms with van der Waals surface area (Å²) in [4.78, 5) is 2.56. The number of ether oxygens (including phenoxy) is 1. The molecule has 17 heavy (non-hydrogen) atoms. The molecule has 1 fully saturated rings. The fraction of sp³-hybridized carbons (Fsp3) is 1.00. The van der Waals surface area contributed by atoms with Crippen molar-refractivity contribution in [3.05, 3.63) is 0 Å². The van der Waals surface area contributed by atoms with E-state index in [4.69, 9.17) is 4.74 Å². The third-order valence-corrected chi connectivity index (χ3v) is 4.05. The van der Waals surface area contributed by atoms with E-state index in [0.717, 1.165) is 13.1 Å². The van der Waals surface area contributed by atoms with Crippen molar-refractivity contribution in [2.75, 3.05) is 26.7 Å². The number of hydrogen-bond acceptors (Lipinski definition) is 3. The first-order chi connectivity index (χ1) is 8.21. The zero-order valence-electron chi connectivity index (χ0n) is 12.0. The van der Waals surface area contributed by atoms with Gasteiger partial charge in [-0.3, -0.25) is 4.90 Å². The molecule has 0 aromatic heterocycles. The third kappa shape index (κ3) is 4.94. The van der Waals surface area contributed by atoms with Crippen molar-refractivity contribution in [3.63, 3.8) is 0 Å².